The summed E-state index contributed by atoms with van der Waals surface area (Å²) in [6, 6.07) is 0. The SMILES string of the molecule is CC(=O)OC1CC[C@]2(C)[C@H]3CC[C@@H]4C(=C(C(=O)O)C(C)C)[C@](C)(C(=O)O)CC[C@@]4(C)[C@]3(C)CC[C@H]2C1(C)C. The Hall–Kier alpha value is -1.85. The number of aliphatic carboxylic acids is 2. The van der Waals surface area contributed by atoms with Gasteiger partial charge in [-0.15, -0.1) is 0 Å². The van der Waals surface area contributed by atoms with Crippen LogP contribution in [0.5, 0.6) is 0 Å². The van der Waals surface area contributed by atoms with Crippen LogP contribution in [-0.4, -0.2) is 34.2 Å². The van der Waals surface area contributed by atoms with Gasteiger partial charge in [-0.25, -0.2) is 4.79 Å². The molecule has 6 nitrogen and oxygen atoms in total. The summed E-state index contributed by atoms with van der Waals surface area (Å²) in [6.07, 6.45) is 6.95. The van der Waals surface area contributed by atoms with Crippen LogP contribution in [-0.2, 0) is 19.1 Å². The van der Waals surface area contributed by atoms with Crippen molar-refractivity contribution >= 4 is 17.9 Å². The average Bonchev–Trinajstić information content (AvgIpc) is 2.78. The van der Waals surface area contributed by atoms with E-state index in [0.29, 0.717) is 29.4 Å². The average molecular weight is 531 g/mol. The fraction of sp³-hybridized carbons (Fsp3) is 0.844. The van der Waals surface area contributed by atoms with E-state index in [4.69, 9.17) is 4.74 Å². The van der Waals surface area contributed by atoms with Crippen LogP contribution >= 0.6 is 0 Å². The van der Waals surface area contributed by atoms with Gasteiger partial charge in [0.05, 0.1) is 5.41 Å². The monoisotopic (exact) mass is 530 g/mol. The number of ether oxygens (including phenoxy) is 1. The van der Waals surface area contributed by atoms with Gasteiger partial charge in [-0.1, -0.05) is 48.5 Å². The minimum atomic E-state index is -1.16. The Labute approximate surface area is 229 Å². The molecule has 0 aromatic carbocycles. The van der Waals surface area contributed by atoms with E-state index < -0.39 is 17.4 Å². The quantitative estimate of drug-likeness (QED) is 0.297. The second kappa shape index (κ2) is 9.09. The van der Waals surface area contributed by atoms with Crippen LogP contribution < -0.4 is 0 Å². The van der Waals surface area contributed by atoms with Crippen LogP contribution in [0, 0.1) is 50.7 Å². The fourth-order valence-corrected chi connectivity index (χ4v) is 10.7. The van der Waals surface area contributed by atoms with E-state index in [-0.39, 0.29) is 45.6 Å². The van der Waals surface area contributed by atoms with Gasteiger partial charge in [0.2, 0.25) is 0 Å². The standard InChI is InChI=1S/C32H50O6/c1-18(2)24(26(34)35)25-20-10-11-22-29(6)14-13-23(38-19(3)33)28(4,5)21(29)12-15-32(22,9)31(20,8)17-16-30(25,7)27(36)37/h18,20-23H,10-17H2,1-9H3,(H,34,35)(H,36,37)/t20-,21+,22-,23?,29+,30-,31-,32-/m1/s1. The first-order valence-corrected chi connectivity index (χ1v) is 14.8. The minimum Gasteiger partial charge on any atom is -0.481 e. The molecular formula is C32H50O6. The van der Waals surface area contributed by atoms with Crippen molar-refractivity contribution in [2.24, 2.45) is 50.7 Å². The highest BCUT2D eigenvalue weighted by Crippen LogP contribution is 2.75. The molecule has 0 aromatic heterocycles. The summed E-state index contributed by atoms with van der Waals surface area (Å²) in [4.78, 5) is 37.2. The second-order valence-electron chi connectivity index (χ2n) is 15.0. The molecule has 1 unspecified atom stereocenters. The number of carboxylic acids is 2. The van der Waals surface area contributed by atoms with Gasteiger partial charge >= 0.3 is 17.9 Å². The molecule has 0 amide bonds. The van der Waals surface area contributed by atoms with Crippen molar-refractivity contribution in [3.05, 3.63) is 11.1 Å². The predicted octanol–water partition coefficient (Wildman–Crippen LogP) is 7.12. The summed E-state index contributed by atoms with van der Waals surface area (Å²) in [5, 5.41) is 20.8. The third-order valence-electron chi connectivity index (χ3n) is 12.8. The van der Waals surface area contributed by atoms with Crippen molar-refractivity contribution < 1.29 is 29.3 Å². The Balaban J connectivity index is 1.82. The zero-order valence-electron chi connectivity index (χ0n) is 25.1. The second-order valence-corrected chi connectivity index (χ2v) is 15.0. The van der Waals surface area contributed by atoms with Crippen LogP contribution in [0.2, 0.25) is 0 Å². The maximum atomic E-state index is 12.7. The molecule has 4 aliphatic rings. The van der Waals surface area contributed by atoms with Gasteiger partial charge in [0.25, 0.3) is 0 Å². The molecule has 4 aliphatic carbocycles. The smallest absolute Gasteiger partial charge is 0.331 e. The van der Waals surface area contributed by atoms with Crippen LogP contribution in [0.1, 0.15) is 114 Å². The highest BCUT2D eigenvalue weighted by Gasteiger charge is 2.69. The lowest BCUT2D eigenvalue weighted by Crippen LogP contribution is -2.66. The molecule has 0 heterocycles. The van der Waals surface area contributed by atoms with Crippen molar-refractivity contribution in [2.45, 2.75) is 120 Å². The number of carbonyl (C=O) groups is 3. The lowest BCUT2D eigenvalue weighted by molar-refractivity contribution is -0.233. The molecule has 2 N–H and O–H groups in total. The first-order valence-electron chi connectivity index (χ1n) is 14.8. The van der Waals surface area contributed by atoms with Gasteiger partial charge in [0, 0.05) is 17.9 Å². The molecule has 214 valence electrons. The third-order valence-corrected chi connectivity index (χ3v) is 12.8. The van der Waals surface area contributed by atoms with E-state index >= 15 is 0 Å². The molecule has 4 rings (SSSR count). The molecule has 8 atom stereocenters. The lowest BCUT2D eigenvalue weighted by Gasteiger charge is -2.72. The Morgan fingerprint density at radius 2 is 1.45 bits per heavy atom. The predicted molar refractivity (Wildman–Crippen MR) is 146 cm³/mol. The van der Waals surface area contributed by atoms with Crippen LogP contribution in [0.3, 0.4) is 0 Å². The third kappa shape index (κ3) is 3.82. The normalized spacial score (nSPS) is 45.3. The zero-order valence-corrected chi connectivity index (χ0v) is 25.1. The van der Waals surface area contributed by atoms with Crippen molar-refractivity contribution in [1.29, 1.82) is 0 Å². The first kappa shape index (κ1) is 29.1. The molecule has 0 saturated heterocycles. The molecule has 4 saturated carbocycles. The Morgan fingerprint density at radius 1 is 0.816 bits per heavy atom. The van der Waals surface area contributed by atoms with Crippen molar-refractivity contribution in [2.75, 3.05) is 0 Å². The molecule has 6 heteroatoms. The number of fused-ring (bicyclic) bond motifs is 5. The number of esters is 1. The Bertz CT molecular complexity index is 1060. The van der Waals surface area contributed by atoms with Crippen LogP contribution in [0.15, 0.2) is 11.1 Å². The maximum absolute atomic E-state index is 12.7. The summed E-state index contributed by atoms with van der Waals surface area (Å²) in [6.45, 7) is 18.8. The zero-order chi connectivity index (χ0) is 28.6. The van der Waals surface area contributed by atoms with Gasteiger partial charge in [0.1, 0.15) is 6.10 Å². The van der Waals surface area contributed by atoms with Gasteiger partial charge in [-0.3, -0.25) is 9.59 Å². The van der Waals surface area contributed by atoms with Gasteiger partial charge in [0.15, 0.2) is 0 Å². The topological polar surface area (TPSA) is 101 Å². The number of hydrogen-bond acceptors (Lipinski definition) is 4. The van der Waals surface area contributed by atoms with E-state index in [9.17, 15) is 24.6 Å². The number of carbonyl (C=O) groups excluding carboxylic acids is 1. The van der Waals surface area contributed by atoms with Crippen molar-refractivity contribution in [1.82, 2.24) is 0 Å². The summed E-state index contributed by atoms with van der Waals surface area (Å²) in [5.74, 6) is -1.50. The maximum Gasteiger partial charge on any atom is 0.331 e. The summed E-state index contributed by atoms with van der Waals surface area (Å²) in [5.41, 5.74) is -0.394. The molecule has 0 aromatic rings. The van der Waals surface area contributed by atoms with Crippen LogP contribution in [0.25, 0.3) is 0 Å². The lowest BCUT2D eigenvalue weighted by atomic mass is 9.33. The van der Waals surface area contributed by atoms with Crippen molar-refractivity contribution in [3.8, 4) is 0 Å². The fourth-order valence-electron chi connectivity index (χ4n) is 10.7. The first-order chi connectivity index (χ1) is 17.4. The van der Waals surface area contributed by atoms with E-state index in [0.717, 1.165) is 44.9 Å². The Kier molecular flexibility index (Phi) is 6.97. The Morgan fingerprint density at radius 3 is 1.97 bits per heavy atom. The van der Waals surface area contributed by atoms with E-state index in [1.807, 2.05) is 13.8 Å². The van der Waals surface area contributed by atoms with E-state index in [1.54, 1.807) is 6.92 Å². The van der Waals surface area contributed by atoms with Crippen LogP contribution in [0.4, 0.5) is 0 Å². The van der Waals surface area contributed by atoms with Gasteiger partial charge in [-0.05, 0) is 104 Å². The number of carboxylic acid groups (broad SMARTS) is 2. The summed E-state index contributed by atoms with van der Waals surface area (Å²) < 4.78 is 5.84. The molecule has 0 aliphatic heterocycles. The molecule has 0 radical (unpaired) electrons. The minimum absolute atomic E-state index is 0.0306. The molecule has 0 spiro atoms. The largest absolute Gasteiger partial charge is 0.481 e. The molecule has 4 fully saturated rings. The summed E-state index contributed by atoms with van der Waals surface area (Å²) >= 11 is 0. The summed E-state index contributed by atoms with van der Waals surface area (Å²) in [7, 11) is 0. The molecule has 38 heavy (non-hydrogen) atoms. The highest BCUT2D eigenvalue weighted by molar-refractivity contribution is 5.91. The molecular weight excluding hydrogens is 480 g/mol. The number of hydrogen-bond donors (Lipinski definition) is 2. The molecule has 0 bridgehead atoms. The van der Waals surface area contributed by atoms with E-state index in [2.05, 4.69) is 34.6 Å². The van der Waals surface area contributed by atoms with E-state index in [1.165, 1.54) is 6.92 Å². The number of rotatable bonds is 4. The van der Waals surface area contributed by atoms with Crippen molar-refractivity contribution in [3.63, 3.8) is 0 Å². The highest BCUT2D eigenvalue weighted by atomic mass is 16.5. The van der Waals surface area contributed by atoms with Gasteiger partial charge < -0.3 is 14.9 Å². The van der Waals surface area contributed by atoms with Gasteiger partial charge in [-0.2, -0.15) is 0 Å².